The summed E-state index contributed by atoms with van der Waals surface area (Å²) in [5.74, 6) is 1.49. The van der Waals surface area contributed by atoms with Crippen molar-refractivity contribution in [3.05, 3.63) is 42.7 Å². The fraction of sp³-hybridized carbons (Fsp3) is 0.500. The van der Waals surface area contributed by atoms with Crippen molar-refractivity contribution in [3.63, 3.8) is 0 Å². The van der Waals surface area contributed by atoms with Crippen LogP contribution in [0.25, 0.3) is 11.1 Å². The predicted octanol–water partition coefficient (Wildman–Crippen LogP) is 3.87. The van der Waals surface area contributed by atoms with Gasteiger partial charge in [0.25, 0.3) is 0 Å². The fourth-order valence-electron chi connectivity index (χ4n) is 3.41. The second kappa shape index (κ2) is 6.02. The lowest BCUT2D eigenvalue weighted by Crippen LogP contribution is -2.39. The van der Waals surface area contributed by atoms with E-state index in [1.165, 1.54) is 17.5 Å². The zero-order chi connectivity index (χ0) is 14.8. The summed E-state index contributed by atoms with van der Waals surface area (Å²) in [5.41, 5.74) is 8.75. The minimum Gasteiger partial charge on any atom is -0.326 e. The fourth-order valence-corrected chi connectivity index (χ4v) is 3.41. The molecule has 3 rings (SSSR count). The Morgan fingerprint density at radius 1 is 1.14 bits per heavy atom. The molecule has 1 aliphatic carbocycles. The minimum atomic E-state index is 0.225. The zero-order valence-corrected chi connectivity index (χ0v) is 12.9. The molecule has 3 nitrogen and oxygen atoms in total. The van der Waals surface area contributed by atoms with Gasteiger partial charge >= 0.3 is 0 Å². The molecule has 1 saturated carbocycles. The maximum Gasteiger partial charge on any atom is 0.0673 e. The van der Waals surface area contributed by atoms with Crippen molar-refractivity contribution in [2.24, 2.45) is 17.6 Å². The van der Waals surface area contributed by atoms with Crippen molar-refractivity contribution >= 4 is 0 Å². The molecule has 1 aromatic carbocycles. The second-order valence-corrected chi connectivity index (χ2v) is 6.62. The van der Waals surface area contributed by atoms with E-state index in [9.17, 15) is 0 Å². The lowest BCUT2D eigenvalue weighted by Gasteiger charge is -2.36. The largest absolute Gasteiger partial charge is 0.326 e. The molecule has 21 heavy (non-hydrogen) atoms. The van der Waals surface area contributed by atoms with Crippen LogP contribution in [-0.2, 0) is 0 Å². The molecular formula is C18H25N3. The first-order chi connectivity index (χ1) is 10.1. The highest BCUT2D eigenvalue weighted by atomic mass is 15.3. The van der Waals surface area contributed by atoms with E-state index < -0.39 is 0 Å². The molecule has 3 unspecified atom stereocenters. The monoisotopic (exact) mass is 283 g/mol. The van der Waals surface area contributed by atoms with E-state index in [1.54, 1.807) is 0 Å². The normalized spacial score (nSPS) is 26.2. The van der Waals surface area contributed by atoms with Gasteiger partial charge in [0.2, 0.25) is 0 Å². The van der Waals surface area contributed by atoms with E-state index in [4.69, 9.17) is 5.73 Å². The van der Waals surface area contributed by atoms with Crippen LogP contribution in [0.15, 0.2) is 42.7 Å². The van der Waals surface area contributed by atoms with E-state index >= 15 is 0 Å². The van der Waals surface area contributed by atoms with Gasteiger partial charge in [0.05, 0.1) is 12.2 Å². The Hall–Kier alpha value is -1.61. The van der Waals surface area contributed by atoms with Gasteiger partial charge in [-0.1, -0.05) is 44.2 Å². The zero-order valence-electron chi connectivity index (χ0n) is 12.9. The van der Waals surface area contributed by atoms with Crippen molar-refractivity contribution in [2.75, 3.05) is 0 Å². The molecule has 1 fully saturated rings. The van der Waals surface area contributed by atoms with Gasteiger partial charge in [0.1, 0.15) is 0 Å². The standard InChI is InChI=1S/C18H25N3/c1-13(2)15-8-9-17(19)18(10-15)21-12-16(11-20-21)14-6-4-3-5-7-14/h3-7,11-13,15,17-18H,8-10,19H2,1-2H3. The van der Waals surface area contributed by atoms with E-state index in [-0.39, 0.29) is 6.04 Å². The lowest BCUT2D eigenvalue weighted by atomic mass is 9.77. The summed E-state index contributed by atoms with van der Waals surface area (Å²) in [7, 11) is 0. The molecule has 2 aromatic rings. The average Bonchev–Trinajstić information content (AvgIpc) is 2.98. The highest BCUT2D eigenvalue weighted by Crippen LogP contribution is 2.36. The third-order valence-corrected chi connectivity index (χ3v) is 4.90. The van der Waals surface area contributed by atoms with Gasteiger partial charge in [0, 0.05) is 17.8 Å². The predicted molar refractivity (Wildman–Crippen MR) is 86.9 cm³/mol. The van der Waals surface area contributed by atoms with Crippen LogP contribution in [0.1, 0.15) is 39.2 Å². The number of nitrogens with two attached hydrogens (primary N) is 1. The number of rotatable bonds is 3. The number of nitrogens with zero attached hydrogens (tertiary/aromatic N) is 2. The third-order valence-electron chi connectivity index (χ3n) is 4.90. The Bertz CT molecular complexity index is 573. The van der Waals surface area contributed by atoms with Gasteiger partial charge in [-0.3, -0.25) is 4.68 Å². The van der Waals surface area contributed by atoms with Crippen molar-refractivity contribution in [1.82, 2.24) is 9.78 Å². The maximum absolute atomic E-state index is 6.36. The van der Waals surface area contributed by atoms with Crippen molar-refractivity contribution in [3.8, 4) is 11.1 Å². The van der Waals surface area contributed by atoms with Crippen LogP contribution in [0.2, 0.25) is 0 Å². The molecule has 0 bridgehead atoms. The summed E-state index contributed by atoms with van der Waals surface area (Å²) in [6.45, 7) is 4.63. The van der Waals surface area contributed by atoms with Gasteiger partial charge in [-0.15, -0.1) is 0 Å². The Balaban J connectivity index is 1.81. The van der Waals surface area contributed by atoms with Crippen LogP contribution < -0.4 is 5.73 Å². The SMILES string of the molecule is CC(C)C1CCC(N)C(n2cc(-c3ccccc3)cn2)C1. The number of benzene rings is 1. The van der Waals surface area contributed by atoms with E-state index in [0.717, 1.165) is 24.7 Å². The lowest BCUT2D eigenvalue weighted by molar-refractivity contribution is 0.183. The first-order valence-corrected chi connectivity index (χ1v) is 8.00. The van der Waals surface area contributed by atoms with Gasteiger partial charge in [-0.2, -0.15) is 5.10 Å². The molecule has 0 spiro atoms. The second-order valence-electron chi connectivity index (χ2n) is 6.62. The maximum atomic E-state index is 6.36. The first-order valence-electron chi connectivity index (χ1n) is 8.00. The molecule has 0 saturated heterocycles. The highest BCUT2D eigenvalue weighted by molar-refractivity contribution is 5.61. The molecule has 3 atom stereocenters. The Morgan fingerprint density at radius 3 is 2.62 bits per heavy atom. The Kier molecular flexibility index (Phi) is 4.11. The molecular weight excluding hydrogens is 258 g/mol. The van der Waals surface area contributed by atoms with Crippen molar-refractivity contribution < 1.29 is 0 Å². The molecule has 1 aliphatic rings. The van der Waals surface area contributed by atoms with Crippen LogP contribution in [0, 0.1) is 11.8 Å². The summed E-state index contributed by atoms with van der Waals surface area (Å²) in [6.07, 6.45) is 7.62. The van der Waals surface area contributed by atoms with Gasteiger partial charge in [-0.05, 0) is 36.7 Å². The van der Waals surface area contributed by atoms with Crippen LogP contribution in [0.4, 0.5) is 0 Å². The molecule has 0 amide bonds. The first kappa shape index (κ1) is 14.3. The van der Waals surface area contributed by atoms with Crippen molar-refractivity contribution in [1.29, 1.82) is 0 Å². The summed E-state index contributed by atoms with van der Waals surface area (Å²) in [5, 5.41) is 4.60. The summed E-state index contributed by atoms with van der Waals surface area (Å²) >= 11 is 0. The average molecular weight is 283 g/mol. The highest BCUT2D eigenvalue weighted by Gasteiger charge is 2.31. The topological polar surface area (TPSA) is 43.8 Å². The molecule has 112 valence electrons. The van der Waals surface area contributed by atoms with Crippen LogP contribution in [0.3, 0.4) is 0 Å². The summed E-state index contributed by atoms with van der Waals surface area (Å²) < 4.78 is 2.10. The third kappa shape index (κ3) is 3.03. The van der Waals surface area contributed by atoms with E-state index in [2.05, 4.69) is 54.1 Å². The van der Waals surface area contributed by atoms with Crippen LogP contribution >= 0.6 is 0 Å². The number of hydrogen-bond acceptors (Lipinski definition) is 2. The smallest absolute Gasteiger partial charge is 0.0673 e. The molecule has 0 aliphatic heterocycles. The summed E-state index contributed by atoms with van der Waals surface area (Å²) in [4.78, 5) is 0. The molecule has 2 N–H and O–H groups in total. The molecule has 1 heterocycles. The number of hydrogen-bond donors (Lipinski definition) is 1. The molecule has 0 radical (unpaired) electrons. The van der Waals surface area contributed by atoms with Gasteiger partial charge < -0.3 is 5.73 Å². The van der Waals surface area contributed by atoms with Gasteiger partial charge in [0.15, 0.2) is 0 Å². The van der Waals surface area contributed by atoms with Crippen molar-refractivity contribution in [2.45, 2.75) is 45.2 Å². The van der Waals surface area contributed by atoms with E-state index in [0.29, 0.717) is 6.04 Å². The van der Waals surface area contributed by atoms with Crippen LogP contribution in [-0.4, -0.2) is 15.8 Å². The van der Waals surface area contributed by atoms with Crippen LogP contribution in [0.5, 0.6) is 0 Å². The number of aromatic nitrogens is 2. The molecule has 1 aromatic heterocycles. The minimum absolute atomic E-state index is 0.225. The molecule has 3 heteroatoms. The Morgan fingerprint density at radius 2 is 1.90 bits per heavy atom. The quantitative estimate of drug-likeness (QED) is 0.929. The van der Waals surface area contributed by atoms with E-state index in [1.807, 2.05) is 12.3 Å². The Labute approximate surface area is 127 Å². The summed E-state index contributed by atoms with van der Waals surface area (Å²) in [6, 6.07) is 11.0. The van der Waals surface area contributed by atoms with Gasteiger partial charge in [-0.25, -0.2) is 0 Å².